The van der Waals surface area contributed by atoms with Crippen LogP contribution in [0, 0.1) is 5.92 Å². The number of hydrazone groups is 1. The molecule has 1 aromatic carbocycles. The first kappa shape index (κ1) is 20.5. The van der Waals surface area contributed by atoms with Gasteiger partial charge in [0.05, 0.1) is 24.9 Å². The van der Waals surface area contributed by atoms with Crippen LogP contribution in [0.1, 0.15) is 43.5 Å². The van der Waals surface area contributed by atoms with Gasteiger partial charge in [-0.25, -0.2) is 4.98 Å². The van der Waals surface area contributed by atoms with E-state index in [9.17, 15) is 4.79 Å². The van der Waals surface area contributed by atoms with Gasteiger partial charge in [0.1, 0.15) is 0 Å². The highest BCUT2D eigenvalue weighted by atomic mass is 32.1. The Balaban J connectivity index is 1.57. The van der Waals surface area contributed by atoms with E-state index in [-0.39, 0.29) is 12.4 Å². The minimum atomic E-state index is -0.260. The van der Waals surface area contributed by atoms with Gasteiger partial charge in [0, 0.05) is 18.5 Å². The van der Waals surface area contributed by atoms with Crippen LogP contribution < -0.4 is 5.43 Å². The number of piperidine rings is 1. The molecular weight excluding hydrogens is 372 g/mol. The van der Waals surface area contributed by atoms with E-state index in [0.717, 1.165) is 31.1 Å². The molecule has 1 N–H and O–H groups in total. The molecule has 2 heterocycles. The zero-order valence-corrected chi connectivity index (χ0v) is 17.4. The third-order valence-corrected chi connectivity index (χ3v) is 5.53. The summed E-state index contributed by atoms with van der Waals surface area (Å²) in [5.74, 6) is 0.508. The van der Waals surface area contributed by atoms with Gasteiger partial charge in [-0.3, -0.25) is 15.1 Å². The number of esters is 1. The van der Waals surface area contributed by atoms with Gasteiger partial charge in [0.25, 0.3) is 0 Å². The predicted molar refractivity (Wildman–Crippen MR) is 114 cm³/mol. The summed E-state index contributed by atoms with van der Waals surface area (Å²) >= 11 is 1.43. The molecule has 1 aromatic heterocycles. The van der Waals surface area contributed by atoms with Gasteiger partial charge in [0.15, 0.2) is 0 Å². The summed E-state index contributed by atoms with van der Waals surface area (Å²) in [6, 6.07) is 8.36. The van der Waals surface area contributed by atoms with Crippen molar-refractivity contribution in [2.24, 2.45) is 11.0 Å². The molecule has 1 fully saturated rings. The molecule has 0 spiro atoms. The number of hydrogen-bond donors (Lipinski definition) is 1. The van der Waals surface area contributed by atoms with Crippen molar-refractivity contribution in [1.82, 2.24) is 9.88 Å². The van der Waals surface area contributed by atoms with Crippen LogP contribution in [0.2, 0.25) is 0 Å². The average molecular weight is 401 g/mol. The quantitative estimate of drug-likeness (QED) is 0.413. The molecule has 0 saturated carbocycles. The lowest BCUT2D eigenvalue weighted by atomic mass is 9.99. The topological polar surface area (TPSA) is 66.8 Å². The van der Waals surface area contributed by atoms with Crippen LogP contribution in [-0.4, -0.2) is 41.8 Å². The standard InChI is InChI=1S/C21H28N4O2S/c1-3-27-20(26)11-19-15-28-21(23-19)24-22-12-17-8-4-5-9-18(17)14-25-10-6-7-16(2)13-25/h4-5,8-9,12,15-16H,3,6-7,10-11,13-14H2,1-2H3,(H,23,24). The number of carbonyl (C=O) groups excluding carboxylic acids is 1. The Morgan fingerprint density at radius 3 is 3.14 bits per heavy atom. The first-order chi connectivity index (χ1) is 13.6. The van der Waals surface area contributed by atoms with Gasteiger partial charge < -0.3 is 4.74 Å². The summed E-state index contributed by atoms with van der Waals surface area (Å²) in [5.41, 5.74) is 6.05. The second kappa shape index (κ2) is 10.3. The molecule has 0 radical (unpaired) electrons. The van der Waals surface area contributed by atoms with Crippen molar-refractivity contribution in [3.8, 4) is 0 Å². The summed E-state index contributed by atoms with van der Waals surface area (Å²) in [7, 11) is 0. The maximum absolute atomic E-state index is 11.5. The van der Waals surface area contributed by atoms with Crippen molar-refractivity contribution < 1.29 is 9.53 Å². The number of aromatic nitrogens is 1. The molecule has 1 aliphatic rings. The number of nitrogens with one attached hydrogen (secondary N) is 1. The van der Waals surface area contributed by atoms with Crippen LogP contribution in [0.4, 0.5) is 5.13 Å². The van der Waals surface area contributed by atoms with Crippen molar-refractivity contribution in [2.75, 3.05) is 25.1 Å². The van der Waals surface area contributed by atoms with Crippen molar-refractivity contribution in [3.63, 3.8) is 0 Å². The molecule has 150 valence electrons. The smallest absolute Gasteiger partial charge is 0.311 e. The summed E-state index contributed by atoms with van der Waals surface area (Å²) < 4.78 is 4.95. The lowest BCUT2D eigenvalue weighted by Gasteiger charge is -2.31. The molecule has 1 saturated heterocycles. The fraction of sp³-hybridized carbons (Fsp3) is 0.476. The molecule has 2 aromatic rings. The van der Waals surface area contributed by atoms with Gasteiger partial charge >= 0.3 is 5.97 Å². The average Bonchev–Trinajstić information content (AvgIpc) is 3.10. The minimum Gasteiger partial charge on any atom is -0.466 e. The number of likely N-dealkylation sites (tertiary alicyclic amines) is 1. The minimum absolute atomic E-state index is 0.187. The van der Waals surface area contributed by atoms with Gasteiger partial charge in [-0.1, -0.05) is 31.2 Å². The molecule has 1 unspecified atom stereocenters. The summed E-state index contributed by atoms with van der Waals surface area (Å²) in [6.07, 6.45) is 4.63. The number of hydrogen-bond acceptors (Lipinski definition) is 7. The predicted octanol–water partition coefficient (Wildman–Crippen LogP) is 3.93. The van der Waals surface area contributed by atoms with E-state index in [0.29, 0.717) is 17.4 Å². The third kappa shape index (κ3) is 6.14. The highest BCUT2D eigenvalue weighted by Gasteiger charge is 2.17. The van der Waals surface area contributed by atoms with E-state index in [2.05, 4.69) is 45.5 Å². The molecule has 0 amide bonds. The summed E-state index contributed by atoms with van der Waals surface area (Å²) in [6.45, 7) is 7.78. The Labute approximate surface area is 170 Å². The summed E-state index contributed by atoms with van der Waals surface area (Å²) in [5, 5.41) is 6.86. The SMILES string of the molecule is CCOC(=O)Cc1csc(NN=Cc2ccccc2CN2CCCC(C)C2)n1. The Morgan fingerprint density at radius 2 is 2.32 bits per heavy atom. The fourth-order valence-corrected chi connectivity index (χ4v) is 4.09. The Hall–Kier alpha value is -2.25. The van der Waals surface area contributed by atoms with Gasteiger partial charge in [-0.05, 0) is 43.4 Å². The van der Waals surface area contributed by atoms with Crippen molar-refractivity contribution >= 4 is 28.7 Å². The zero-order chi connectivity index (χ0) is 19.8. The Bertz CT molecular complexity index is 805. The number of benzene rings is 1. The highest BCUT2D eigenvalue weighted by Crippen LogP contribution is 2.19. The van der Waals surface area contributed by atoms with E-state index in [1.165, 1.54) is 29.7 Å². The Morgan fingerprint density at radius 1 is 1.46 bits per heavy atom. The summed E-state index contributed by atoms with van der Waals surface area (Å²) in [4.78, 5) is 18.4. The Kier molecular flexibility index (Phi) is 7.56. The van der Waals surface area contributed by atoms with Gasteiger partial charge in [-0.2, -0.15) is 5.10 Å². The van der Waals surface area contributed by atoms with Gasteiger partial charge in [0.2, 0.25) is 5.13 Å². The molecule has 0 aliphatic carbocycles. The fourth-order valence-electron chi connectivity index (χ4n) is 3.43. The van der Waals surface area contributed by atoms with Gasteiger partial charge in [-0.15, -0.1) is 11.3 Å². The molecule has 3 rings (SSSR count). The van der Waals surface area contributed by atoms with Crippen molar-refractivity contribution in [2.45, 2.75) is 39.7 Å². The monoisotopic (exact) mass is 400 g/mol. The molecule has 6 nitrogen and oxygen atoms in total. The highest BCUT2D eigenvalue weighted by molar-refractivity contribution is 7.13. The largest absolute Gasteiger partial charge is 0.466 e. The third-order valence-electron chi connectivity index (χ3n) is 4.74. The normalized spacial score (nSPS) is 17.7. The van der Waals surface area contributed by atoms with E-state index in [1.54, 1.807) is 6.92 Å². The number of nitrogens with zero attached hydrogens (tertiary/aromatic N) is 3. The number of carbonyl (C=O) groups is 1. The second-order valence-corrected chi connectivity index (χ2v) is 8.04. The molecule has 7 heteroatoms. The number of thiazole rings is 1. The molecule has 1 atom stereocenters. The van der Waals surface area contributed by atoms with Crippen LogP contribution in [0.25, 0.3) is 0 Å². The van der Waals surface area contributed by atoms with Crippen LogP contribution in [-0.2, 0) is 22.5 Å². The number of ether oxygens (including phenoxy) is 1. The van der Waals surface area contributed by atoms with Crippen molar-refractivity contribution in [3.05, 3.63) is 46.5 Å². The van der Waals surface area contributed by atoms with Crippen LogP contribution in [0.5, 0.6) is 0 Å². The van der Waals surface area contributed by atoms with E-state index in [1.807, 2.05) is 17.7 Å². The van der Waals surface area contributed by atoms with Crippen LogP contribution >= 0.6 is 11.3 Å². The van der Waals surface area contributed by atoms with Crippen LogP contribution in [0.3, 0.4) is 0 Å². The van der Waals surface area contributed by atoms with Crippen LogP contribution in [0.15, 0.2) is 34.7 Å². The maximum atomic E-state index is 11.5. The number of rotatable bonds is 8. The lowest BCUT2D eigenvalue weighted by Crippen LogP contribution is -2.34. The molecular formula is C21H28N4O2S. The second-order valence-electron chi connectivity index (χ2n) is 7.18. The van der Waals surface area contributed by atoms with E-state index >= 15 is 0 Å². The first-order valence-electron chi connectivity index (χ1n) is 9.83. The lowest BCUT2D eigenvalue weighted by molar-refractivity contribution is -0.142. The molecule has 28 heavy (non-hydrogen) atoms. The van der Waals surface area contributed by atoms with Crippen molar-refractivity contribution in [1.29, 1.82) is 0 Å². The van der Waals surface area contributed by atoms with E-state index < -0.39 is 0 Å². The first-order valence-corrected chi connectivity index (χ1v) is 10.7. The maximum Gasteiger partial charge on any atom is 0.311 e. The number of anilines is 1. The van der Waals surface area contributed by atoms with E-state index in [4.69, 9.17) is 4.74 Å². The molecule has 1 aliphatic heterocycles. The molecule has 0 bridgehead atoms. The zero-order valence-electron chi connectivity index (χ0n) is 16.6.